The monoisotopic (exact) mass is 264 g/mol. The molecule has 0 saturated carbocycles. The Labute approximate surface area is 110 Å². The van der Waals surface area contributed by atoms with E-state index in [2.05, 4.69) is 16.4 Å². The standard InChI is InChI=1S/C12H16N4OS/c1-16-7-6-15-12(16)11(9-3-2-8-18-9)14-5-4-10(13)17/h2-3,6-8,11,14H,4-5H2,1H3,(H2,13,17). The van der Waals surface area contributed by atoms with Gasteiger partial charge in [-0.1, -0.05) is 6.07 Å². The Kier molecular flexibility index (Phi) is 4.11. The van der Waals surface area contributed by atoms with Crippen molar-refractivity contribution in [1.82, 2.24) is 14.9 Å². The van der Waals surface area contributed by atoms with Crippen molar-refractivity contribution in [2.45, 2.75) is 12.5 Å². The number of carbonyl (C=O) groups is 1. The van der Waals surface area contributed by atoms with Crippen LogP contribution < -0.4 is 11.1 Å². The van der Waals surface area contributed by atoms with Crippen molar-refractivity contribution < 1.29 is 4.79 Å². The number of nitrogens with one attached hydrogen (secondary N) is 1. The van der Waals surface area contributed by atoms with E-state index in [0.717, 1.165) is 5.82 Å². The van der Waals surface area contributed by atoms with E-state index in [1.54, 1.807) is 17.5 Å². The van der Waals surface area contributed by atoms with Crippen molar-refractivity contribution in [3.05, 3.63) is 40.6 Å². The summed E-state index contributed by atoms with van der Waals surface area (Å²) in [7, 11) is 1.96. The molecule has 0 spiro atoms. The minimum Gasteiger partial charge on any atom is -0.370 e. The van der Waals surface area contributed by atoms with Gasteiger partial charge in [0.15, 0.2) is 0 Å². The Morgan fingerprint density at radius 2 is 2.50 bits per heavy atom. The van der Waals surface area contributed by atoms with Gasteiger partial charge in [-0.15, -0.1) is 11.3 Å². The van der Waals surface area contributed by atoms with Gasteiger partial charge in [-0.3, -0.25) is 4.79 Å². The van der Waals surface area contributed by atoms with Gasteiger partial charge in [0.2, 0.25) is 5.91 Å². The maximum absolute atomic E-state index is 10.8. The first-order valence-electron chi connectivity index (χ1n) is 5.71. The van der Waals surface area contributed by atoms with E-state index >= 15 is 0 Å². The molecule has 2 aromatic rings. The Balaban J connectivity index is 2.14. The van der Waals surface area contributed by atoms with Crippen LogP contribution >= 0.6 is 11.3 Å². The summed E-state index contributed by atoms with van der Waals surface area (Å²) in [6, 6.07) is 4.07. The molecule has 0 radical (unpaired) electrons. The highest BCUT2D eigenvalue weighted by molar-refractivity contribution is 7.10. The van der Waals surface area contributed by atoms with Crippen LogP contribution in [0.15, 0.2) is 29.9 Å². The van der Waals surface area contributed by atoms with Crippen LogP contribution in [0.25, 0.3) is 0 Å². The summed E-state index contributed by atoms with van der Waals surface area (Å²) < 4.78 is 1.97. The highest BCUT2D eigenvalue weighted by Crippen LogP contribution is 2.24. The third-order valence-corrected chi connectivity index (χ3v) is 3.60. The molecule has 0 aliphatic carbocycles. The van der Waals surface area contributed by atoms with Gasteiger partial charge in [0.05, 0.1) is 0 Å². The van der Waals surface area contributed by atoms with Crippen molar-refractivity contribution in [2.75, 3.05) is 6.54 Å². The van der Waals surface area contributed by atoms with E-state index in [0.29, 0.717) is 13.0 Å². The number of amides is 1. The van der Waals surface area contributed by atoms with Crippen LogP contribution in [0.3, 0.4) is 0 Å². The van der Waals surface area contributed by atoms with Crippen molar-refractivity contribution in [2.24, 2.45) is 12.8 Å². The fourth-order valence-corrected chi connectivity index (χ4v) is 2.57. The molecule has 2 aromatic heterocycles. The van der Waals surface area contributed by atoms with E-state index in [9.17, 15) is 4.79 Å². The number of nitrogens with two attached hydrogens (primary N) is 1. The van der Waals surface area contributed by atoms with Crippen molar-refractivity contribution in [3.8, 4) is 0 Å². The Morgan fingerprint density at radius 3 is 3.06 bits per heavy atom. The predicted molar refractivity (Wildman–Crippen MR) is 71.2 cm³/mol. The summed E-state index contributed by atoms with van der Waals surface area (Å²) in [6.45, 7) is 0.546. The molecule has 1 amide bonds. The molecule has 0 saturated heterocycles. The minimum atomic E-state index is -0.299. The second kappa shape index (κ2) is 5.79. The number of nitrogens with zero attached hydrogens (tertiary/aromatic N) is 2. The molecule has 0 fully saturated rings. The molecule has 18 heavy (non-hydrogen) atoms. The number of hydrogen-bond acceptors (Lipinski definition) is 4. The maximum atomic E-state index is 10.8. The van der Waals surface area contributed by atoms with Crippen LogP contribution in [-0.2, 0) is 11.8 Å². The second-order valence-electron chi connectivity index (χ2n) is 4.02. The zero-order valence-corrected chi connectivity index (χ0v) is 11.0. The van der Waals surface area contributed by atoms with E-state index in [1.807, 2.05) is 29.3 Å². The molecular weight excluding hydrogens is 248 g/mol. The lowest BCUT2D eigenvalue weighted by Gasteiger charge is -2.16. The van der Waals surface area contributed by atoms with Crippen LogP contribution in [0.2, 0.25) is 0 Å². The zero-order valence-electron chi connectivity index (χ0n) is 10.2. The van der Waals surface area contributed by atoms with Gasteiger partial charge in [0.1, 0.15) is 11.9 Å². The van der Waals surface area contributed by atoms with E-state index < -0.39 is 0 Å². The van der Waals surface area contributed by atoms with Crippen molar-refractivity contribution in [3.63, 3.8) is 0 Å². The predicted octanol–water partition coefficient (Wildman–Crippen LogP) is 1.04. The number of primary amides is 1. The molecule has 3 N–H and O–H groups in total. The zero-order chi connectivity index (χ0) is 13.0. The normalized spacial score (nSPS) is 12.5. The van der Waals surface area contributed by atoms with Crippen molar-refractivity contribution in [1.29, 1.82) is 0 Å². The number of aryl methyl sites for hydroxylation is 1. The highest BCUT2D eigenvalue weighted by Gasteiger charge is 2.18. The van der Waals surface area contributed by atoms with Crippen LogP contribution in [0, 0.1) is 0 Å². The van der Waals surface area contributed by atoms with Gasteiger partial charge in [-0.2, -0.15) is 0 Å². The topological polar surface area (TPSA) is 72.9 Å². The van der Waals surface area contributed by atoms with E-state index in [4.69, 9.17) is 5.73 Å². The summed E-state index contributed by atoms with van der Waals surface area (Å²) in [5, 5.41) is 5.35. The first kappa shape index (κ1) is 12.8. The molecule has 1 unspecified atom stereocenters. The summed E-state index contributed by atoms with van der Waals surface area (Å²) in [5.41, 5.74) is 5.15. The Morgan fingerprint density at radius 1 is 1.67 bits per heavy atom. The third-order valence-electron chi connectivity index (χ3n) is 2.66. The Hall–Kier alpha value is -1.66. The minimum absolute atomic E-state index is 0.00403. The largest absolute Gasteiger partial charge is 0.370 e. The summed E-state index contributed by atoms with van der Waals surface area (Å²) in [6.07, 6.45) is 4.00. The second-order valence-corrected chi connectivity index (χ2v) is 4.99. The molecule has 1 atom stereocenters. The van der Waals surface area contributed by atoms with Crippen LogP contribution in [0.4, 0.5) is 0 Å². The molecule has 6 heteroatoms. The number of imidazole rings is 1. The van der Waals surface area contributed by atoms with Crippen LogP contribution in [0.1, 0.15) is 23.2 Å². The molecule has 0 aliphatic rings. The quantitative estimate of drug-likeness (QED) is 0.818. The SMILES string of the molecule is Cn1ccnc1C(NCCC(N)=O)c1cccs1. The van der Waals surface area contributed by atoms with Gasteiger partial charge in [0.25, 0.3) is 0 Å². The van der Waals surface area contributed by atoms with Gasteiger partial charge in [-0.25, -0.2) is 4.98 Å². The fraction of sp³-hybridized carbons (Fsp3) is 0.333. The maximum Gasteiger partial charge on any atom is 0.218 e. The number of rotatable bonds is 6. The number of hydrogen-bond donors (Lipinski definition) is 2. The van der Waals surface area contributed by atoms with Crippen molar-refractivity contribution >= 4 is 17.2 Å². The smallest absolute Gasteiger partial charge is 0.218 e. The number of carbonyl (C=O) groups excluding carboxylic acids is 1. The van der Waals surface area contributed by atoms with E-state index in [1.165, 1.54) is 4.88 Å². The summed E-state index contributed by atoms with van der Waals surface area (Å²) >= 11 is 1.66. The number of thiophene rings is 1. The van der Waals surface area contributed by atoms with Crippen LogP contribution in [-0.4, -0.2) is 22.0 Å². The van der Waals surface area contributed by atoms with Gasteiger partial charge in [-0.05, 0) is 11.4 Å². The lowest BCUT2D eigenvalue weighted by atomic mass is 10.2. The van der Waals surface area contributed by atoms with Gasteiger partial charge < -0.3 is 15.6 Å². The molecular formula is C12H16N4OS. The average Bonchev–Trinajstić information content (AvgIpc) is 2.96. The fourth-order valence-electron chi connectivity index (χ4n) is 1.77. The average molecular weight is 264 g/mol. The lowest BCUT2D eigenvalue weighted by molar-refractivity contribution is -0.117. The molecule has 0 aromatic carbocycles. The highest BCUT2D eigenvalue weighted by atomic mass is 32.1. The Bertz CT molecular complexity index is 506. The summed E-state index contributed by atoms with van der Waals surface area (Å²) in [5.74, 6) is 0.634. The number of aromatic nitrogens is 2. The lowest BCUT2D eigenvalue weighted by Crippen LogP contribution is -2.28. The van der Waals surface area contributed by atoms with Crippen LogP contribution in [0.5, 0.6) is 0 Å². The van der Waals surface area contributed by atoms with Gasteiger partial charge >= 0.3 is 0 Å². The third kappa shape index (κ3) is 2.96. The molecule has 0 aliphatic heterocycles. The molecule has 0 bridgehead atoms. The van der Waals surface area contributed by atoms with E-state index in [-0.39, 0.29) is 11.9 Å². The van der Waals surface area contributed by atoms with Gasteiger partial charge in [0, 0.05) is 37.3 Å². The first-order valence-corrected chi connectivity index (χ1v) is 6.58. The molecule has 96 valence electrons. The summed E-state index contributed by atoms with van der Waals surface area (Å²) in [4.78, 5) is 16.3. The molecule has 2 heterocycles. The first-order chi connectivity index (χ1) is 8.68. The molecule has 5 nitrogen and oxygen atoms in total. The molecule has 2 rings (SSSR count).